The quantitative estimate of drug-likeness (QED) is 0.634. The third-order valence-electron chi connectivity index (χ3n) is 4.00. The molecule has 0 aromatic carbocycles. The van der Waals surface area contributed by atoms with Crippen LogP contribution in [0.25, 0.3) is 0 Å². The summed E-state index contributed by atoms with van der Waals surface area (Å²) >= 11 is 0. The minimum atomic E-state index is -4.12. The van der Waals surface area contributed by atoms with Crippen LogP contribution in [0.3, 0.4) is 0 Å². The van der Waals surface area contributed by atoms with Crippen LogP contribution in [-0.2, 0) is 0 Å². The highest BCUT2D eigenvalue weighted by atomic mass is 19.4. The van der Waals surface area contributed by atoms with Crippen molar-refractivity contribution in [1.29, 1.82) is 0 Å². The molecule has 0 nitrogen and oxygen atoms in total. The molecular weight excluding hydrogens is 225 g/mol. The van der Waals surface area contributed by atoms with Crippen molar-refractivity contribution in [3.05, 3.63) is 23.3 Å². The molecule has 0 N–H and O–H groups in total. The molecule has 0 spiro atoms. The molecule has 3 atom stereocenters. The van der Waals surface area contributed by atoms with Gasteiger partial charge in [-0.25, -0.2) is 0 Å². The zero-order chi connectivity index (χ0) is 13.4. The van der Waals surface area contributed by atoms with Crippen molar-refractivity contribution in [2.45, 2.75) is 46.7 Å². The smallest absolute Gasteiger partial charge is 0.171 e. The second kappa shape index (κ2) is 4.87. The van der Waals surface area contributed by atoms with Gasteiger partial charge in [-0.05, 0) is 37.2 Å². The predicted molar refractivity (Wildman–Crippen MR) is 64.6 cm³/mol. The van der Waals surface area contributed by atoms with Gasteiger partial charge in [0.15, 0.2) is 0 Å². The van der Waals surface area contributed by atoms with E-state index in [0.29, 0.717) is 5.92 Å². The van der Waals surface area contributed by atoms with Crippen molar-refractivity contribution in [2.24, 2.45) is 17.8 Å². The Morgan fingerprint density at radius 3 is 2.18 bits per heavy atom. The first-order chi connectivity index (χ1) is 7.64. The maximum absolute atomic E-state index is 12.7. The zero-order valence-corrected chi connectivity index (χ0v) is 11.0. The number of halogens is 3. The van der Waals surface area contributed by atoms with E-state index in [9.17, 15) is 13.2 Å². The summed E-state index contributed by atoms with van der Waals surface area (Å²) in [6.07, 6.45) is -2.33. The van der Waals surface area contributed by atoms with Gasteiger partial charge in [-0.3, -0.25) is 0 Å². The topological polar surface area (TPSA) is 0 Å². The molecule has 0 amide bonds. The Balaban J connectivity index is 2.93. The van der Waals surface area contributed by atoms with Crippen molar-refractivity contribution in [1.82, 2.24) is 0 Å². The summed E-state index contributed by atoms with van der Waals surface area (Å²) < 4.78 is 38.0. The molecule has 0 aromatic heterocycles. The maximum atomic E-state index is 12.7. The SMILES string of the molecule is C=C1CC(C)C/C1=C(\C)C(C)C(C)C(F)(F)F. The fourth-order valence-corrected chi connectivity index (χ4v) is 2.48. The highest BCUT2D eigenvalue weighted by Crippen LogP contribution is 2.41. The standard InChI is InChI=1S/C14H21F3/c1-8-6-9(2)13(7-8)11(4)10(3)12(5)14(15,16)17/h8,10,12H,2,6-7H2,1,3-5H3/b13-11-. The van der Waals surface area contributed by atoms with E-state index < -0.39 is 18.0 Å². The molecule has 0 bridgehead atoms. The van der Waals surface area contributed by atoms with Gasteiger partial charge in [-0.2, -0.15) is 13.2 Å². The van der Waals surface area contributed by atoms with Gasteiger partial charge in [0.1, 0.15) is 0 Å². The Labute approximate surface area is 102 Å². The van der Waals surface area contributed by atoms with Crippen LogP contribution in [0.1, 0.15) is 40.5 Å². The lowest BCUT2D eigenvalue weighted by molar-refractivity contribution is -0.178. The molecule has 0 aliphatic heterocycles. The molecule has 3 heteroatoms. The van der Waals surface area contributed by atoms with Gasteiger partial charge >= 0.3 is 6.18 Å². The lowest BCUT2D eigenvalue weighted by Crippen LogP contribution is -2.27. The molecule has 0 saturated heterocycles. The third-order valence-corrected chi connectivity index (χ3v) is 4.00. The van der Waals surface area contributed by atoms with Gasteiger partial charge in [0.2, 0.25) is 0 Å². The van der Waals surface area contributed by atoms with Crippen LogP contribution in [0.4, 0.5) is 13.2 Å². The molecule has 98 valence electrons. The molecule has 1 saturated carbocycles. The normalized spacial score (nSPS) is 28.2. The highest BCUT2D eigenvalue weighted by Gasteiger charge is 2.40. The predicted octanol–water partition coefficient (Wildman–Crippen LogP) is 5.12. The fourth-order valence-electron chi connectivity index (χ4n) is 2.48. The largest absolute Gasteiger partial charge is 0.392 e. The summed E-state index contributed by atoms with van der Waals surface area (Å²) in [6.45, 7) is 10.8. The Morgan fingerprint density at radius 1 is 1.29 bits per heavy atom. The van der Waals surface area contributed by atoms with Crippen molar-refractivity contribution in [3.63, 3.8) is 0 Å². The molecule has 0 aromatic rings. The van der Waals surface area contributed by atoms with Crippen LogP contribution >= 0.6 is 0 Å². The summed E-state index contributed by atoms with van der Waals surface area (Å²) in [7, 11) is 0. The Morgan fingerprint density at radius 2 is 1.82 bits per heavy atom. The van der Waals surface area contributed by atoms with E-state index in [1.54, 1.807) is 6.92 Å². The second-order valence-corrected chi connectivity index (χ2v) is 5.40. The first-order valence-corrected chi connectivity index (χ1v) is 6.09. The van der Waals surface area contributed by atoms with Gasteiger partial charge in [-0.15, -0.1) is 0 Å². The highest BCUT2D eigenvalue weighted by molar-refractivity contribution is 5.38. The van der Waals surface area contributed by atoms with Gasteiger partial charge < -0.3 is 0 Å². The first kappa shape index (κ1) is 14.3. The fraction of sp³-hybridized carbons (Fsp3) is 0.714. The average molecular weight is 246 g/mol. The number of hydrogen-bond acceptors (Lipinski definition) is 0. The van der Waals surface area contributed by atoms with Crippen molar-refractivity contribution < 1.29 is 13.2 Å². The van der Waals surface area contributed by atoms with Crippen LogP contribution in [0.2, 0.25) is 0 Å². The molecule has 1 rings (SSSR count). The second-order valence-electron chi connectivity index (χ2n) is 5.40. The molecular formula is C14H21F3. The number of alkyl halides is 3. The third kappa shape index (κ3) is 3.14. The van der Waals surface area contributed by atoms with Gasteiger partial charge in [0.25, 0.3) is 0 Å². The van der Waals surface area contributed by atoms with E-state index in [4.69, 9.17) is 0 Å². The lowest BCUT2D eigenvalue weighted by atomic mass is 9.85. The summed E-state index contributed by atoms with van der Waals surface area (Å²) in [5.41, 5.74) is 2.96. The molecule has 3 unspecified atom stereocenters. The van der Waals surface area contributed by atoms with E-state index in [1.165, 1.54) is 6.92 Å². The lowest BCUT2D eigenvalue weighted by Gasteiger charge is -2.25. The summed E-state index contributed by atoms with van der Waals surface area (Å²) in [6, 6.07) is 0. The van der Waals surface area contributed by atoms with Crippen LogP contribution in [-0.4, -0.2) is 6.18 Å². The van der Waals surface area contributed by atoms with E-state index in [1.807, 2.05) is 6.92 Å². The van der Waals surface area contributed by atoms with E-state index in [2.05, 4.69) is 13.5 Å². The molecule has 0 radical (unpaired) electrons. The monoisotopic (exact) mass is 246 g/mol. The van der Waals surface area contributed by atoms with Gasteiger partial charge in [-0.1, -0.05) is 38.5 Å². The minimum absolute atomic E-state index is 0.466. The minimum Gasteiger partial charge on any atom is -0.171 e. The Hall–Kier alpha value is -0.730. The van der Waals surface area contributed by atoms with Crippen LogP contribution in [0.15, 0.2) is 23.3 Å². The maximum Gasteiger partial charge on any atom is 0.392 e. The van der Waals surface area contributed by atoms with Crippen molar-refractivity contribution in [3.8, 4) is 0 Å². The molecule has 1 aliphatic carbocycles. The Kier molecular flexibility index (Phi) is 4.11. The molecule has 1 aliphatic rings. The van der Waals surface area contributed by atoms with Gasteiger partial charge in [0.05, 0.1) is 5.92 Å². The van der Waals surface area contributed by atoms with Crippen LogP contribution < -0.4 is 0 Å². The number of rotatable bonds is 2. The van der Waals surface area contributed by atoms with E-state index in [-0.39, 0.29) is 0 Å². The number of allylic oxidation sites excluding steroid dienone is 3. The van der Waals surface area contributed by atoms with Crippen molar-refractivity contribution in [2.75, 3.05) is 0 Å². The average Bonchev–Trinajstić information content (AvgIpc) is 2.53. The van der Waals surface area contributed by atoms with E-state index >= 15 is 0 Å². The number of hydrogen-bond donors (Lipinski definition) is 0. The van der Waals surface area contributed by atoms with Crippen molar-refractivity contribution >= 4 is 0 Å². The molecule has 0 heterocycles. The zero-order valence-electron chi connectivity index (χ0n) is 11.0. The molecule has 1 fully saturated rings. The van der Waals surface area contributed by atoms with Crippen LogP contribution in [0, 0.1) is 17.8 Å². The summed E-state index contributed by atoms with van der Waals surface area (Å²) in [5, 5.41) is 0. The van der Waals surface area contributed by atoms with E-state index in [0.717, 1.165) is 29.6 Å². The van der Waals surface area contributed by atoms with Gasteiger partial charge in [0, 0.05) is 0 Å². The molecule has 17 heavy (non-hydrogen) atoms. The summed E-state index contributed by atoms with van der Waals surface area (Å²) in [5.74, 6) is -1.24. The van der Waals surface area contributed by atoms with Crippen LogP contribution in [0.5, 0.6) is 0 Å². The first-order valence-electron chi connectivity index (χ1n) is 6.09. The Bertz CT molecular complexity index is 336. The summed E-state index contributed by atoms with van der Waals surface area (Å²) in [4.78, 5) is 0.